The quantitative estimate of drug-likeness (QED) is 0.511. The van der Waals surface area contributed by atoms with Crippen LogP contribution in [0.4, 0.5) is 17.1 Å². The lowest BCUT2D eigenvalue weighted by molar-refractivity contribution is -0.111. The van der Waals surface area contributed by atoms with Crippen LogP contribution in [0.15, 0.2) is 72.8 Å². The third-order valence-electron chi connectivity index (χ3n) is 4.37. The van der Waals surface area contributed by atoms with Crippen LogP contribution in [-0.4, -0.2) is 27.2 Å². The number of carbonyl (C=O) groups excluding carboxylic acids is 1. The number of amides is 1. The van der Waals surface area contributed by atoms with E-state index in [9.17, 15) is 4.79 Å². The average Bonchev–Trinajstić information content (AvgIpc) is 2.79. The van der Waals surface area contributed by atoms with E-state index in [0.29, 0.717) is 17.2 Å². The van der Waals surface area contributed by atoms with Crippen LogP contribution in [0, 0.1) is 0 Å². The van der Waals surface area contributed by atoms with Gasteiger partial charge in [-0.05, 0) is 60.2 Å². The largest absolute Gasteiger partial charge is 0.495 e. The van der Waals surface area contributed by atoms with E-state index in [0.717, 1.165) is 22.7 Å². The molecule has 0 aliphatic heterocycles. The average molecular weight is 404 g/mol. The lowest BCUT2D eigenvalue weighted by Crippen LogP contribution is -2.07. The molecule has 30 heavy (non-hydrogen) atoms. The Morgan fingerprint density at radius 2 is 1.43 bits per heavy atom. The number of ether oxygens (including phenoxy) is 3. The highest BCUT2D eigenvalue weighted by Gasteiger charge is 2.05. The fourth-order valence-electron chi connectivity index (χ4n) is 2.85. The van der Waals surface area contributed by atoms with Crippen molar-refractivity contribution in [1.29, 1.82) is 0 Å². The summed E-state index contributed by atoms with van der Waals surface area (Å²) in [5.74, 6) is 1.78. The Morgan fingerprint density at radius 1 is 0.767 bits per heavy atom. The second-order valence-corrected chi connectivity index (χ2v) is 6.34. The zero-order valence-electron chi connectivity index (χ0n) is 17.1. The highest BCUT2D eigenvalue weighted by Crippen LogP contribution is 2.29. The molecule has 3 aromatic rings. The predicted molar refractivity (Wildman–Crippen MR) is 120 cm³/mol. The van der Waals surface area contributed by atoms with Gasteiger partial charge in [-0.1, -0.05) is 18.2 Å². The van der Waals surface area contributed by atoms with Crippen molar-refractivity contribution in [3.8, 4) is 17.2 Å². The summed E-state index contributed by atoms with van der Waals surface area (Å²) in [6, 6.07) is 20.6. The van der Waals surface area contributed by atoms with Gasteiger partial charge in [0, 0.05) is 17.5 Å². The summed E-state index contributed by atoms with van der Waals surface area (Å²) in [5.41, 5.74) is 3.29. The molecule has 2 N–H and O–H groups in total. The molecule has 6 heteroatoms. The van der Waals surface area contributed by atoms with Gasteiger partial charge < -0.3 is 24.8 Å². The summed E-state index contributed by atoms with van der Waals surface area (Å²) in [7, 11) is 4.79. The fourth-order valence-corrected chi connectivity index (χ4v) is 2.85. The molecule has 0 unspecified atom stereocenters. The number of benzene rings is 3. The van der Waals surface area contributed by atoms with Gasteiger partial charge in [-0.3, -0.25) is 4.79 Å². The third kappa shape index (κ3) is 5.32. The highest BCUT2D eigenvalue weighted by atomic mass is 16.5. The van der Waals surface area contributed by atoms with E-state index in [-0.39, 0.29) is 5.91 Å². The molecule has 0 fully saturated rings. The summed E-state index contributed by atoms with van der Waals surface area (Å²) in [6.45, 7) is 0. The number of anilines is 3. The van der Waals surface area contributed by atoms with Crippen molar-refractivity contribution in [1.82, 2.24) is 0 Å². The van der Waals surface area contributed by atoms with E-state index >= 15 is 0 Å². The summed E-state index contributed by atoms with van der Waals surface area (Å²) >= 11 is 0. The molecule has 0 saturated carbocycles. The van der Waals surface area contributed by atoms with Gasteiger partial charge in [0.2, 0.25) is 5.91 Å². The van der Waals surface area contributed by atoms with Crippen molar-refractivity contribution in [3.05, 3.63) is 78.4 Å². The standard InChI is InChI=1S/C24H24N2O4/c1-28-21-7-5-4-6-20(21)25-18-10-12-19(13-11-18)26-24(27)15-9-17-8-14-22(29-2)23(16-17)30-3/h4-16,25H,1-3H3,(H,26,27)/b15-9+. The highest BCUT2D eigenvalue weighted by molar-refractivity contribution is 6.02. The molecule has 0 aliphatic carbocycles. The Hall–Kier alpha value is -3.93. The van der Waals surface area contributed by atoms with Gasteiger partial charge in [-0.25, -0.2) is 0 Å². The molecule has 3 rings (SSSR count). The number of para-hydroxylation sites is 2. The minimum absolute atomic E-state index is 0.227. The van der Waals surface area contributed by atoms with Gasteiger partial charge in [0.05, 0.1) is 27.0 Å². The van der Waals surface area contributed by atoms with E-state index in [1.807, 2.05) is 54.6 Å². The summed E-state index contributed by atoms with van der Waals surface area (Å²) in [5, 5.41) is 6.14. The molecule has 0 saturated heterocycles. The maximum atomic E-state index is 12.2. The molecule has 3 aromatic carbocycles. The second-order valence-electron chi connectivity index (χ2n) is 6.34. The molecule has 0 aromatic heterocycles. The molecule has 0 aliphatic rings. The van der Waals surface area contributed by atoms with Crippen LogP contribution in [0.5, 0.6) is 17.2 Å². The molecule has 154 valence electrons. The summed E-state index contributed by atoms with van der Waals surface area (Å²) < 4.78 is 15.8. The van der Waals surface area contributed by atoms with Crippen LogP contribution in [-0.2, 0) is 4.79 Å². The minimum Gasteiger partial charge on any atom is -0.495 e. The van der Waals surface area contributed by atoms with Crippen LogP contribution in [0.2, 0.25) is 0 Å². The van der Waals surface area contributed by atoms with Gasteiger partial charge in [0.15, 0.2) is 11.5 Å². The number of rotatable bonds is 8. The zero-order valence-corrected chi connectivity index (χ0v) is 17.1. The Balaban J connectivity index is 1.61. The molecule has 6 nitrogen and oxygen atoms in total. The number of carbonyl (C=O) groups is 1. The van der Waals surface area contributed by atoms with Crippen molar-refractivity contribution >= 4 is 29.0 Å². The van der Waals surface area contributed by atoms with Crippen LogP contribution in [0.3, 0.4) is 0 Å². The molecule has 0 radical (unpaired) electrons. The van der Waals surface area contributed by atoms with Crippen LogP contribution >= 0.6 is 0 Å². The maximum Gasteiger partial charge on any atom is 0.248 e. The van der Waals surface area contributed by atoms with E-state index in [2.05, 4.69) is 10.6 Å². The first kappa shape index (κ1) is 20.8. The number of methoxy groups -OCH3 is 3. The van der Waals surface area contributed by atoms with Crippen molar-refractivity contribution in [2.75, 3.05) is 32.0 Å². The smallest absolute Gasteiger partial charge is 0.248 e. The van der Waals surface area contributed by atoms with Crippen molar-refractivity contribution in [3.63, 3.8) is 0 Å². The first-order valence-corrected chi connectivity index (χ1v) is 9.34. The molecule has 1 amide bonds. The van der Waals surface area contributed by atoms with Gasteiger partial charge in [0.1, 0.15) is 5.75 Å². The van der Waals surface area contributed by atoms with E-state index in [1.165, 1.54) is 6.08 Å². The second kappa shape index (κ2) is 10.0. The number of hydrogen-bond donors (Lipinski definition) is 2. The van der Waals surface area contributed by atoms with Crippen molar-refractivity contribution in [2.45, 2.75) is 0 Å². The van der Waals surface area contributed by atoms with Crippen molar-refractivity contribution < 1.29 is 19.0 Å². The maximum absolute atomic E-state index is 12.2. The SMILES string of the molecule is COc1ccccc1Nc1ccc(NC(=O)/C=C/c2ccc(OC)c(OC)c2)cc1. The van der Waals surface area contributed by atoms with E-state index in [1.54, 1.807) is 39.5 Å². The van der Waals surface area contributed by atoms with E-state index in [4.69, 9.17) is 14.2 Å². The fraction of sp³-hybridized carbons (Fsp3) is 0.125. The molecular formula is C24H24N2O4. The topological polar surface area (TPSA) is 68.8 Å². The summed E-state index contributed by atoms with van der Waals surface area (Å²) in [6.07, 6.45) is 3.19. The minimum atomic E-state index is -0.227. The predicted octanol–water partition coefficient (Wildman–Crippen LogP) is 5.11. The Morgan fingerprint density at radius 3 is 2.13 bits per heavy atom. The van der Waals surface area contributed by atoms with Gasteiger partial charge in [0.25, 0.3) is 0 Å². The monoisotopic (exact) mass is 404 g/mol. The molecule has 0 bridgehead atoms. The lowest BCUT2D eigenvalue weighted by atomic mass is 10.2. The Kier molecular flexibility index (Phi) is 6.95. The van der Waals surface area contributed by atoms with Gasteiger partial charge in [-0.2, -0.15) is 0 Å². The Labute approximate surface area is 176 Å². The van der Waals surface area contributed by atoms with Crippen LogP contribution in [0.25, 0.3) is 6.08 Å². The van der Waals surface area contributed by atoms with Crippen LogP contribution in [0.1, 0.15) is 5.56 Å². The molecule has 0 atom stereocenters. The first-order chi connectivity index (χ1) is 14.6. The normalized spacial score (nSPS) is 10.5. The third-order valence-corrected chi connectivity index (χ3v) is 4.37. The van der Waals surface area contributed by atoms with Gasteiger partial charge >= 0.3 is 0 Å². The molecule has 0 heterocycles. The van der Waals surface area contributed by atoms with E-state index < -0.39 is 0 Å². The van der Waals surface area contributed by atoms with Crippen LogP contribution < -0.4 is 24.8 Å². The molecule has 0 spiro atoms. The summed E-state index contributed by atoms with van der Waals surface area (Å²) in [4.78, 5) is 12.2. The number of nitrogens with one attached hydrogen (secondary N) is 2. The first-order valence-electron chi connectivity index (χ1n) is 9.34. The Bertz CT molecular complexity index is 1030. The van der Waals surface area contributed by atoms with Gasteiger partial charge in [-0.15, -0.1) is 0 Å². The zero-order chi connectivity index (χ0) is 21.3. The lowest BCUT2D eigenvalue weighted by Gasteiger charge is -2.11. The van der Waals surface area contributed by atoms with Crippen molar-refractivity contribution in [2.24, 2.45) is 0 Å². The molecular weight excluding hydrogens is 380 g/mol. The number of hydrogen-bond acceptors (Lipinski definition) is 5.